The summed E-state index contributed by atoms with van der Waals surface area (Å²) < 4.78 is 8.23. The van der Waals surface area contributed by atoms with E-state index in [-0.39, 0.29) is 12.5 Å². The largest absolute Gasteiger partial charge is 0.420 e. The lowest BCUT2D eigenvalue weighted by Gasteiger charge is -2.11. The number of thioether (sulfide) groups is 1. The Morgan fingerprint density at radius 1 is 1.21 bits per heavy atom. The number of anilines is 1. The molecule has 0 unspecified atom stereocenters. The van der Waals surface area contributed by atoms with Gasteiger partial charge in [0, 0.05) is 22.1 Å². The minimum absolute atomic E-state index is 0.154. The zero-order valence-corrected chi connectivity index (χ0v) is 16.7. The predicted octanol–water partition coefficient (Wildman–Crippen LogP) is 3.82. The molecule has 3 heterocycles. The molecule has 9 heteroatoms. The van der Waals surface area contributed by atoms with Crippen molar-refractivity contribution in [3.8, 4) is 5.69 Å². The first-order valence-electron chi connectivity index (χ1n) is 8.93. The van der Waals surface area contributed by atoms with E-state index in [1.54, 1.807) is 52.8 Å². The number of benzene rings is 2. The Morgan fingerprint density at radius 3 is 2.93 bits per heavy atom. The van der Waals surface area contributed by atoms with E-state index in [1.807, 2.05) is 12.1 Å². The molecule has 0 saturated heterocycles. The summed E-state index contributed by atoms with van der Waals surface area (Å²) in [7, 11) is 0. The number of nitrogens with one attached hydrogen (secondary N) is 1. The maximum absolute atomic E-state index is 12.8. The maximum Gasteiger partial charge on any atom is 0.420 e. The monoisotopic (exact) mass is 426 g/mol. The third kappa shape index (κ3) is 3.24. The Bertz CT molecular complexity index is 1310. The van der Waals surface area contributed by atoms with Gasteiger partial charge in [-0.05, 0) is 30.3 Å². The molecular weight excluding hydrogens is 412 g/mol. The van der Waals surface area contributed by atoms with Gasteiger partial charge < -0.3 is 9.73 Å². The van der Waals surface area contributed by atoms with E-state index < -0.39 is 5.76 Å². The molecule has 0 spiro atoms. The van der Waals surface area contributed by atoms with Crippen LogP contribution >= 0.6 is 23.4 Å². The Hall–Kier alpha value is -2.97. The quantitative estimate of drug-likeness (QED) is 0.536. The van der Waals surface area contributed by atoms with Gasteiger partial charge >= 0.3 is 5.76 Å². The van der Waals surface area contributed by atoms with Crippen molar-refractivity contribution < 1.29 is 9.21 Å². The summed E-state index contributed by atoms with van der Waals surface area (Å²) in [4.78, 5) is 25.0. The maximum atomic E-state index is 12.8. The normalized spacial score (nSPS) is 13.0. The molecule has 2 aromatic carbocycles. The molecule has 4 aromatic rings. The van der Waals surface area contributed by atoms with Gasteiger partial charge in [0.05, 0.1) is 16.9 Å². The molecule has 1 aliphatic rings. The van der Waals surface area contributed by atoms with Crippen LogP contribution in [-0.2, 0) is 22.8 Å². The molecule has 5 rings (SSSR count). The average molecular weight is 427 g/mol. The lowest BCUT2D eigenvalue weighted by atomic mass is 10.2. The van der Waals surface area contributed by atoms with Gasteiger partial charge in [-0.25, -0.2) is 9.48 Å². The molecule has 1 amide bonds. The van der Waals surface area contributed by atoms with Gasteiger partial charge in [-0.15, -0.1) is 0 Å². The number of nitrogens with zero attached hydrogens (tertiary/aromatic N) is 3. The van der Waals surface area contributed by atoms with Crippen LogP contribution in [0.15, 0.2) is 57.7 Å². The first kappa shape index (κ1) is 18.1. The highest BCUT2D eigenvalue weighted by molar-refractivity contribution is 7.98. The van der Waals surface area contributed by atoms with Crippen LogP contribution in [0.25, 0.3) is 16.8 Å². The summed E-state index contributed by atoms with van der Waals surface area (Å²) in [6.07, 6.45) is 0. The average Bonchev–Trinajstić information content (AvgIpc) is 3.37. The summed E-state index contributed by atoms with van der Waals surface area (Å²) in [5.41, 5.74) is 3.73. The SMILES string of the molecule is O=C(Cn1c(=O)oc2ccccc21)Nc1c2c(nn1-c1cccc(Cl)c1)CSC2. The van der Waals surface area contributed by atoms with Gasteiger partial charge in [0.25, 0.3) is 0 Å². The fourth-order valence-corrected chi connectivity index (χ4v) is 4.63. The number of aromatic nitrogens is 3. The Balaban J connectivity index is 1.49. The van der Waals surface area contributed by atoms with E-state index in [0.717, 1.165) is 28.5 Å². The number of fused-ring (bicyclic) bond motifs is 2. The molecule has 0 saturated carbocycles. The number of oxazole rings is 1. The fourth-order valence-electron chi connectivity index (χ4n) is 3.41. The van der Waals surface area contributed by atoms with Crippen molar-refractivity contribution in [2.24, 2.45) is 0 Å². The van der Waals surface area contributed by atoms with Crippen molar-refractivity contribution in [3.63, 3.8) is 0 Å². The van der Waals surface area contributed by atoms with E-state index in [2.05, 4.69) is 10.4 Å². The third-order valence-corrected chi connectivity index (χ3v) is 5.94. The lowest BCUT2D eigenvalue weighted by molar-refractivity contribution is -0.116. The topological polar surface area (TPSA) is 82.1 Å². The molecule has 0 radical (unpaired) electrons. The van der Waals surface area contributed by atoms with E-state index >= 15 is 0 Å². The van der Waals surface area contributed by atoms with Crippen molar-refractivity contribution in [3.05, 3.63) is 75.4 Å². The molecule has 29 heavy (non-hydrogen) atoms. The Kier molecular flexibility index (Phi) is 4.44. The molecule has 0 aliphatic carbocycles. The summed E-state index contributed by atoms with van der Waals surface area (Å²) in [5.74, 6) is 1.27. The minimum atomic E-state index is -0.564. The highest BCUT2D eigenvalue weighted by atomic mass is 35.5. The highest BCUT2D eigenvalue weighted by Gasteiger charge is 2.25. The van der Waals surface area contributed by atoms with Gasteiger partial charge in [0.15, 0.2) is 5.58 Å². The second kappa shape index (κ2) is 7.13. The highest BCUT2D eigenvalue weighted by Crippen LogP contribution is 2.36. The number of hydrogen-bond acceptors (Lipinski definition) is 5. The predicted molar refractivity (Wildman–Crippen MR) is 113 cm³/mol. The second-order valence-electron chi connectivity index (χ2n) is 6.63. The first-order valence-corrected chi connectivity index (χ1v) is 10.5. The molecular formula is C20H15ClN4O3S. The standard InChI is InChI=1S/C20H15ClN4O3S/c21-12-4-3-5-13(8-12)25-19(14-10-29-11-15(14)23-25)22-18(26)9-24-16-6-1-2-7-17(16)28-20(24)27/h1-8H,9-11H2,(H,22,26). The van der Waals surface area contributed by atoms with Crippen molar-refractivity contribution in [2.75, 3.05) is 5.32 Å². The molecule has 2 aromatic heterocycles. The summed E-state index contributed by atoms with van der Waals surface area (Å²) in [6.45, 7) is -0.154. The van der Waals surface area contributed by atoms with Gasteiger partial charge in [0.1, 0.15) is 12.4 Å². The molecule has 0 atom stereocenters. The number of hydrogen-bond donors (Lipinski definition) is 1. The molecule has 7 nitrogen and oxygen atoms in total. The van der Waals surface area contributed by atoms with Crippen molar-refractivity contribution in [2.45, 2.75) is 18.1 Å². The summed E-state index contributed by atoms with van der Waals surface area (Å²) in [5, 5.41) is 8.18. The van der Waals surface area contributed by atoms with Crippen LogP contribution in [0.5, 0.6) is 0 Å². The smallest absolute Gasteiger partial charge is 0.408 e. The molecule has 1 N–H and O–H groups in total. The van der Waals surface area contributed by atoms with E-state index in [0.29, 0.717) is 21.9 Å². The van der Waals surface area contributed by atoms with Crippen molar-refractivity contribution in [1.82, 2.24) is 14.3 Å². The van der Waals surface area contributed by atoms with Gasteiger partial charge in [-0.2, -0.15) is 16.9 Å². The summed E-state index contributed by atoms with van der Waals surface area (Å²) >= 11 is 7.88. The lowest BCUT2D eigenvalue weighted by Crippen LogP contribution is -2.26. The molecule has 1 aliphatic heterocycles. The van der Waals surface area contributed by atoms with Gasteiger partial charge in [0.2, 0.25) is 5.91 Å². The van der Waals surface area contributed by atoms with E-state index in [4.69, 9.17) is 16.0 Å². The van der Waals surface area contributed by atoms with Crippen LogP contribution in [0.4, 0.5) is 5.82 Å². The van der Waals surface area contributed by atoms with Crippen LogP contribution in [0.3, 0.4) is 0 Å². The van der Waals surface area contributed by atoms with Crippen LogP contribution < -0.4 is 11.1 Å². The number of carbonyl (C=O) groups excluding carboxylic acids is 1. The Morgan fingerprint density at radius 2 is 2.07 bits per heavy atom. The zero-order valence-electron chi connectivity index (χ0n) is 15.1. The van der Waals surface area contributed by atoms with Crippen LogP contribution in [-0.4, -0.2) is 20.3 Å². The minimum Gasteiger partial charge on any atom is -0.408 e. The second-order valence-corrected chi connectivity index (χ2v) is 8.05. The van der Waals surface area contributed by atoms with Crippen LogP contribution in [0.1, 0.15) is 11.3 Å². The van der Waals surface area contributed by atoms with Gasteiger partial charge in [-0.3, -0.25) is 9.36 Å². The van der Waals surface area contributed by atoms with Crippen molar-refractivity contribution in [1.29, 1.82) is 0 Å². The van der Waals surface area contributed by atoms with Gasteiger partial charge in [-0.1, -0.05) is 29.8 Å². The van der Waals surface area contributed by atoms with E-state index in [9.17, 15) is 9.59 Å². The first-order chi connectivity index (χ1) is 14.1. The molecule has 146 valence electrons. The Labute approximate surface area is 174 Å². The zero-order chi connectivity index (χ0) is 20.0. The van der Waals surface area contributed by atoms with Crippen LogP contribution in [0, 0.1) is 0 Å². The van der Waals surface area contributed by atoms with Crippen molar-refractivity contribution >= 4 is 46.2 Å². The van der Waals surface area contributed by atoms with Crippen LogP contribution in [0.2, 0.25) is 5.02 Å². The summed E-state index contributed by atoms with van der Waals surface area (Å²) in [6, 6.07) is 14.3. The number of para-hydroxylation sites is 2. The van der Waals surface area contributed by atoms with E-state index in [1.165, 1.54) is 4.57 Å². The third-order valence-electron chi connectivity index (χ3n) is 4.74. The molecule has 0 bridgehead atoms. The fraction of sp³-hybridized carbons (Fsp3) is 0.150. The number of halogens is 1. The number of amides is 1. The number of rotatable bonds is 4. The molecule has 0 fully saturated rings. The number of carbonyl (C=O) groups is 1.